The maximum Gasteiger partial charge on any atom is 0.259 e. The van der Waals surface area contributed by atoms with Crippen LogP contribution in [0.15, 0.2) is 28.7 Å². The number of benzene rings is 1. The summed E-state index contributed by atoms with van der Waals surface area (Å²) in [5.41, 5.74) is 8.27. The van der Waals surface area contributed by atoms with Crippen LogP contribution < -0.4 is 15.8 Å². The number of sulfonamides is 1. The first-order chi connectivity index (χ1) is 12.5. The van der Waals surface area contributed by atoms with Crippen LogP contribution >= 0.6 is 0 Å². The molecule has 1 aliphatic rings. The normalized spacial score (nSPS) is 15.6. The van der Waals surface area contributed by atoms with E-state index in [4.69, 9.17) is 10.5 Å². The zero-order valence-corrected chi connectivity index (χ0v) is 16.6. The van der Waals surface area contributed by atoms with E-state index in [-0.39, 0.29) is 11.6 Å². The van der Waals surface area contributed by atoms with Crippen LogP contribution in [0.4, 0.5) is 5.95 Å². The molecule has 144 valence electrons. The minimum absolute atomic E-state index is 0.0461. The summed E-state index contributed by atoms with van der Waals surface area (Å²) in [4.78, 5) is 8.78. The molecule has 0 bridgehead atoms. The Balaban J connectivity index is 1.79. The maximum atomic E-state index is 11.8. The Hall–Kier alpha value is -2.68. The van der Waals surface area contributed by atoms with Gasteiger partial charge in [-0.3, -0.25) is 0 Å². The van der Waals surface area contributed by atoms with Crippen LogP contribution in [0.5, 0.6) is 5.75 Å². The molecule has 1 aromatic carbocycles. The maximum absolute atomic E-state index is 11.8. The lowest BCUT2D eigenvalue weighted by atomic mass is 10.1. The number of anilines is 1. The van der Waals surface area contributed by atoms with E-state index in [1.165, 1.54) is 0 Å². The number of hydrogen-bond donors (Lipinski definition) is 2. The fraction of sp³-hybridized carbons (Fsp3) is 0.389. The number of nitrogens with zero attached hydrogens (tertiary/aromatic N) is 3. The summed E-state index contributed by atoms with van der Waals surface area (Å²) >= 11 is 0. The average Bonchev–Trinajstić information content (AvgIpc) is 2.49. The van der Waals surface area contributed by atoms with Crippen molar-refractivity contribution in [3.05, 3.63) is 46.8 Å². The first-order valence-corrected chi connectivity index (χ1v) is 10.1. The van der Waals surface area contributed by atoms with Gasteiger partial charge in [0.2, 0.25) is 5.95 Å². The van der Waals surface area contributed by atoms with Crippen molar-refractivity contribution >= 4 is 21.8 Å². The standard InChI is InChI=1S/C18H23N5O3S/c1-11-8-12(2)21-17(20-11)22-18(3,4)10-26-14-7-5-6-13-9-27(24,25)23-16(19)15(13)14/h5-8H,9-10H2,1-4H3,(H2,19,23)(H,20,21,22). The molecule has 8 nitrogen and oxygen atoms in total. The molecule has 0 fully saturated rings. The molecule has 2 aromatic rings. The topological polar surface area (TPSA) is 120 Å². The number of nitrogens with two attached hydrogens (primary N) is 1. The number of aromatic nitrogens is 2. The Morgan fingerprint density at radius 2 is 1.89 bits per heavy atom. The van der Waals surface area contributed by atoms with Crippen LogP contribution in [0.2, 0.25) is 0 Å². The molecule has 0 radical (unpaired) electrons. The third kappa shape index (κ3) is 4.54. The van der Waals surface area contributed by atoms with Crippen molar-refractivity contribution in [2.24, 2.45) is 10.1 Å². The quantitative estimate of drug-likeness (QED) is 0.801. The second-order valence-corrected chi connectivity index (χ2v) is 8.90. The number of amidine groups is 1. The van der Waals surface area contributed by atoms with Crippen LogP contribution in [-0.2, 0) is 15.8 Å². The Bertz CT molecular complexity index is 995. The largest absolute Gasteiger partial charge is 0.490 e. The van der Waals surface area contributed by atoms with Gasteiger partial charge in [-0.25, -0.2) is 18.4 Å². The minimum atomic E-state index is -3.58. The van der Waals surface area contributed by atoms with Crippen molar-refractivity contribution in [2.45, 2.75) is 39.0 Å². The van der Waals surface area contributed by atoms with Gasteiger partial charge in [0.05, 0.1) is 16.9 Å². The second kappa shape index (κ2) is 6.80. The highest BCUT2D eigenvalue weighted by atomic mass is 32.2. The van der Waals surface area contributed by atoms with E-state index in [1.54, 1.807) is 18.2 Å². The van der Waals surface area contributed by atoms with Gasteiger partial charge in [-0.1, -0.05) is 12.1 Å². The number of aryl methyl sites for hydroxylation is 2. The van der Waals surface area contributed by atoms with Gasteiger partial charge in [0.25, 0.3) is 10.0 Å². The Morgan fingerprint density at radius 1 is 1.22 bits per heavy atom. The van der Waals surface area contributed by atoms with E-state index in [0.29, 0.717) is 29.4 Å². The lowest BCUT2D eigenvalue weighted by Crippen LogP contribution is -2.39. The predicted molar refractivity (Wildman–Crippen MR) is 104 cm³/mol. The molecular formula is C18H23N5O3S. The molecule has 27 heavy (non-hydrogen) atoms. The molecule has 0 saturated carbocycles. The number of hydrogen-bond acceptors (Lipinski definition) is 7. The fourth-order valence-electron chi connectivity index (χ4n) is 2.91. The number of ether oxygens (including phenoxy) is 1. The molecule has 0 spiro atoms. The number of rotatable bonds is 5. The highest BCUT2D eigenvalue weighted by Gasteiger charge is 2.27. The monoisotopic (exact) mass is 389 g/mol. The highest BCUT2D eigenvalue weighted by Crippen LogP contribution is 2.28. The van der Waals surface area contributed by atoms with E-state index in [1.807, 2.05) is 33.8 Å². The summed E-state index contributed by atoms with van der Waals surface area (Å²) in [5.74, 6) is 0.802. The summed E-state index contributed by atoms with van der Waals surface area (Å²) in [6, 6.07) is 7.12. The van der Waals surface area contributed by atoms with E-state index in [0.717, 1.165) is 11.4 Å². The highest BCUT2D eigenvalue weighted by molar-refractivity contribution is 7.89. The van der Waals surface area contributed by atoms with E-state index < -0.39 is 15.6 Å². The molecular weight excluding hydrogens is 366 g/mol. The van der Waals surface area contributed by atoms with Crippen LogP contribution in [0.25, 0.3) is 0 Å². The summed E-state index contributed by atoms with van der Waals surface area (Å²) in [7, 11) is -3.58. The summed E-state index contributed by atoms with van der Waals surface area (Å²) in [5, 5.41) is 3.27. The van der Waals surface area contributed by atoms with Crippen LogP contribution in [0.1, 0.15) is 36.4 Å². The summed E-state index contributed by atoms with van der Waals surface area (Å²) in [6.07, 6.45) is 0. The van der Waals surface area contributed by atoms with Gasteiger partial charge in [0.15, 0.2) is 0 Å². The Morgan fingerprint density at radius 3 is 2.56 bits per heavy atom. The van der Waals surface area contributed by atoms with Crippen molar-refractivity contribution in [3.63, 3.8) is 0 Å². The van der Waals surface area contributed by atoms with Crippen molar-refractivity contribution in [3.8, 4) is 5.75 Å². The zero-order chi connectivity index (χ0) is 19.8. The molecule has 1 aromatic heterocycles. The van der Waals surface area contributed by atoms with Gasteiger partial charge in [0.1, 0.15) is 18.2 Å². The predicted octanol–water partition coefficient (Wildman–Crippen LogP) is 1.91. The molecule has 0 atom stereocenters. The average molecular weight is 389 g/mol. The smallest absolute Gasteiger partial charge is 0.259 e. The van der Waals surface area contributed by atoms with Crippen molar-refractivity contribution in [1.29, 1.82) is 0 Å². The second-order valence-electron chi connectivity index (χ2n) is 7.26. The van der Waals surface area contributed by atoms with Gasteiger partial charge in [-0.15, -0.1) is 4.40 Å². The van der Waals surface area contributed by atoms with E-state index in [9.17, 15) is 8.42 Å². The molecule has 0 unspecified atom stereocenters. The van der Waals surface area contributed by atoms with Crippen LogP contribution in [-0.4, -0.2) is 36.4 Å². The van der Waals surface area contributed by atoms with Gasteiger partial charge in [0, 0.05) is 11.4 Å². The summed E-state index contributed by atoms with van der Waals surface area (Å²) < 4.78 is 33.1. The van der Waals surface area contributed by atoms with Crippen LogP contribution in [0, 0.1) is 13.8 Å². The molecule has 3 rings (SSSR count). The molecule has 2 heterocycles. The fourth-order valence-corrected chi connectivity index (χ4v) is 4.00. The Kier molecular flexibility index (Phi) is 4.81. The van der Waals surface area contributed by atoms with Crippen molar-refractivity contribution in [1.82, 2.24) is 9.97 Å². The van der Waals surface area contributed by atoms with E-state index in [2.05, 4.69) is 19.7 Å². The molecule has 0 aliphatic carbocycles. The summed E-state index contributed by atoms with van der Waals surface area (Å²) in [6.45, 7) is 8.04. The van der Waals surface area contributed by atoms with Gasteiger partial charge < -0.3 is 15.8 Å². The van der Waals surface area contributed by atoms with Crippen LogP contribution in [0.3, 0.4) is 0 Å². The molecule has 0 amide bonds. The first kappa shape index (κ1) is 19.1. The lowest BCUT2D eigenvalue weighted by molar-refractivity contribution is 0.255. The van der Waals surface area contributed by atoms with Gasteiger partial charge in [-0.05, 0) is 45.4 Å². The molecule has 9 heteroatoms. The SMILES string of the molecule is Cc1cc(C)nc(NC(C)(C)COc2cccc3c2C(N)=NS(=O)(=O)C3)n1. The third-order valence-corrected chi connectivity index (χ3v) is 5.12. The van der Waals surface area contributed by atoms with Gasteiger partial charge >= 0.3 is 0 Å². The Labute approximate surface area is 159 Å². The first-order valence-electron chi connectivity index (χ1n) is 8.48. The van der Waals surface area contributed by atoms with Crippen molar-refractivity contribution < 1.29 is 13.2 Å². The molecule has 3 N–H and O–H groups in total. The number of nitrogens with one attached hydrogen (secondary N) is 1. The zero-order valence-electron chi connectivity index (χ0n) is 15.8. The third-order valence-electron chi connectivity index (χ3n) is 3.96. The lowest BCUT2D eigenvalue weighted by Gasteiger charge is -2.27. The molecule has 1 aliphatic heterocycles. The van der Waals surface area contributed by atoms with E-state index >= 15 is 0 Å². The minimum Gasteiger partial charge on any atom is -0.490 e. The number of fused-ring (bicyclic) bond motifs is 1. The van der Waals surface area contributed by atoms with Gasteiger partial charge in [-0.2, -0.15) is 0 Å². The molecule has 0 saturated heterocycles. The van der Waals surface area contributed by atoms with Crippen molar-refractivity contribution in [2.75, 3.05) is 11.9 Å².